The van der Waals surface area contributed by atoms with E-state index in [1.165, 1.54) is 16.4 Å². The highest BCUT2D eigenvalue weighted by Gasteiger charge is 2.32. The van der Waals surface area contributed by atoms with Gasteiger partial charge in [-0.2, -0.15) is 9.40 Å². The zero-order chi connectivity index (χ0) is 17.6. The summed E-state index contributed by atoms with van der Waals surface area (Å²) >= 11 is 0. The molecule has 0 aliphatic carbocycles. The minimum absolute atomic E-state index is 0.141. The maximum atomic E-state index is 13.0. The van der Waals surface area contributed by atoms with Gasteiger partial charge in [-0.1, -0.05) is 0 Å². The molecule has 0 amide bonds. The Hall–Kier alpha value is -2.43. The van der Waals surface area contributed by atoms with Gasteiger partial charge in [-0.3, -0.25) is 4.68 Å². The molecule has 3 heterocycles. The van der Waals surface area contributed by atoms with Gasteiger partial charge in [0.2, 0.25) is 10.0 Å². The largest absolute Gasteiger partial charge is 0.371 e. The number of benzene rings is 1. The molecule has 1 unspecified atom stereocenters. The number of ether oxygens (including phenoxy) is 1. The zero-order valence-electron chi connectivity index (χ0n) is 13.5. The van der Waals surface area contributed by atoms with Crippen molar-refractivity contribution in [2.75, 3.05) is 19.7 Å². The van der Waals surface area contributed by atoms with Crippen LogP contribution in [0, 0.1) is 0 Å². The summed E-state index contributed by atoms with van der Waals surface area (Å²) in [6.45, 7) is 0.804. The van der Waals surface area contributed by atoms with E-state index in [0.717, 1.165) is 5.56 Å². The van der Waals surface area contributed by atoms with E-state index in [1.807, 2.05) is 6.20 Å². The minimum atomic E-state index is -3.69. The van der Waals surface area contributed by atoms with Crippen LogP contribution in [0.25, 0.3) is 11.0 Å². The molecule has 0 spiro atoms. The van der Waals surface area contributed by atoms with Crippen molar-refractivity contribution in [3.8, 4) is 0 Å². The fourth-order valence-corrected chi connectivity index (χ4v) is 4.42. The van der Waals surface area contributed by atoms with E-state index in [1.54, 1.807) is 24.0 Å². The van der Waals surface area contributed by atoms with Crippen LogP contribution < -0.4 is 5.69 Å². The smallest absolute Gasteiger partial charge is 0.323 e. The van der Waals surface area contributed by atoms with Crippen LogP contribution in [0.3, 0.4) is 0 Å². The Balaban J connectivity index is 1.64. The number of aromatic nitrogens is 4. The Labute approximate surface area is 143 Å². The molecule has 1 aliphatic heterocycles. The van der Waals surface area contributed by atoms with Crippen LogP contribution in [0.4, 0.5) is 0 Å². The number of hydrogen-bond acceptors (Lipinski definition) is 5. The first kappa shape index (κ1) is 16.1. The van der Waals surface area contributed by atoms with Crippen LogP contribution in [0.1, 0.15) is 11.7 Å². The maximum Gasteiger partial charge on any atom is 0.323 e. The Morgan fingerprint density at radius 2 is 2.08 bits per heavy atom. The first-order valence-electron chi connectivity index (χ1n) is 7.76. The average molecular weight is 363 g/mol. The van der Waals surface area contributed by atoms with E-state index >= 15 is 0 Å². The number of aryl methyl sites for hydroxylation is 1. The second kappa shape index (κ2) is 5.83. The highest BCUT2D eigenvalue weighted by molar-refractivity contribution is 7.89. The lowest BCUT2D eigenvalue weighted by Gasteiger charge is -2.31. The number of morpholine rings is 1. The Morgan fingerprint density at radius 1 is 1.28 bits per heavy atom. The zero-order valence-corrected chi connectivity index (χ0v) is 14.3. The van der Waals surface area contributed by atoms with Gasteiger partial charge in [-0.15, -0.1) is 0 Å². The van der Waals surface area contributed by atoms with Gasteiger partial charge in [0.05, 0.1) is 34.8 Å². The predicted molar refractivity (Wildman–Crippen MR) is 89.6 cm³/mol. The Bertz CT molecular complexity index is 1080. The lowest BCUT2D eigenvalue weighted by Crippen LogP contribution is -2.42. The monoisotopic (exact) mass is 363 g/mol. The molecule has 0 saturated carbocycles. The fourth-order valence-electron chi connectivity index (χ4n) is 2.97. The molecule has 3 aromatic rings. The highest BCUT2D eigenvalue weighted by Crippen LogP contribution is 2.27. The molecule has 0 bridgehead atoms. The van der Waals surface area contributed by atoms with Crippen molar-refractivity contribution in [1.29, 1.82) is 0 Å². The molecular formula is C15H17N5O4S. The lowest BCUT2D eigenvalue weighted by molar-refractivity contribution is -0.00259. The summed E-state index contributed by atoms with van der Waals surface area (Å²) in [7, 11) is -1.89. The summed E-state index contributed by atoms with van der Waals surface area (Å²) in [5.41, 5.74) is 1.50. The van der Waals surface area contributed by atoms with E-state index in [9.17, 15) is 13.2 Å². The second-order valence-electron chi connectivity index (χ2n) is 5.96. The number of H-pyrrole nitrogens is 2. The minimum Gasteiger partial charge on any atom is -0.371 e. The van der Waals surface area contributed by atoms with Crippen molar-refractivity contribution in [2.45, 2.75) is 11.0 Å². The third-order valence-corrected chi connectivity index (χ3v) is 6.11. The number of sulfonamides is 1. The molecule has 1 atom stereocenters. The summed E-state index contributed by atoms with van der Waals surface area (Å²) < 4.78 is 34.7. The van der Waals surface area contributed by atoms with Crippen molar-refractivity contribution in [2.24, 2.45) is 7.05 Å². The first-order valence-corrected chi connectivity index (χ1v) is 9.20. The van der Waals surface area contributed by atoms with Crippen molar-refractivity contribution in [1.82, 2.24) is 24.1 Å². The van der Waals surface area contributed by atoms with Crippen molar-refractivity contribution < 1.29 is 13.2 Å². The van der Waals surface area contributed by atoms with Gasteiger partial charge in [0.1, 0.15) is 0 Å². The number of nitrogens with one attached hydrogen (secondary N) is 2. The third kappa shape index (κ3) is 2.88. The Kier molecular flexibility index (Phi) is 3.74. The molecule has 9 nitrogen and oxygen atoms in total. The summed E-state index contributed by atoms with van der Waals surface area (Å²) in [6, 6.07) is 4.55. The van der Waals surface area contributed by atoms with Crippen LogP contribution in [0.5, 0.6) is 0 Å². The number of hydrogen-bond donors (Lipinski definition) is 2. The van der Waals surface area contributed by atoms with Crippen LogP contribution in [-0.2, 0) is 21.8 Å². The average Bonchev–Trinajstić information content (AvgIpc) is 3.18. The summed E-state index contributed by atoms with van der Waals surface area (Å²) in [5.74, 6) is 0. The topological polar surface area (TPSA) is 113 Å². The number of imidazole rings is 1. The van der Waals surface area contributed by atoms with E-state index in [-0.39, 0.29) is 29.8 Å². The normalized spacial score (nSPS) is 19.5. The van der Waals surface area contributed by atoms with Crippen LogP contribution >= 0.6 is 0 Å². The molecule has 2 N–H and O–H groups in total. The van der Waals surface area contributed by atoms with Gasteiger partial charge in [0.15, 0.2) is 0 Å². The van der Waals surface area contributed by atoms with Gasteiger partial charge >= 0.3 is 5.69 Å². The fraction of sp³-hybridized carbons (Fsp3) is 0.333. The van der Waals surface area contributed by atoms with Gasteiger partial charge in [0.25, 0.3) is 0 Å². The summed E-state index contributed by atoms with van der Waals surface area (Å²) in [4.78, 5) is 16.7. The van der Waals surface area contributed by atoms with Crippen molar-refractivity contribution >= 4 is 21.1 Å². The standard InChI is InChI=1S/C15H17N5O4S/c1-19-8-10(7-16-19)14-9-20(4-5-24-14)25(22,23)11-2-3-12-13(6-11)18-15(21)17-12/h2-3,6-8,14H,4-5,9H2,1H3,(H2,17,18,21). The number of aromatic amines is 2. The van der Waals surface area contributed by atoms with Crippen LogP contribution in [0.2, 0.25) is 0 Å². The summed E-state index contributed by atoms with van der Waals surface area (Å²) in [5, 5.41) is 4.11. The van der Waals surface area contributed by atoms with Crippen molar-refractivity contribution in [3.63, 3.8) is 0 Å². The molecular weight excluding hydrogens is 346 g/mol. The quantitative estimate of drug-likeness (QED) is 0.697. The van der Waals surface area contributed by atoms with Crippen LogP contribution in [-0.4, -0.2) is 52.2 Å². The molecule has 2 aromatic heterocycles. The third-order valence-electron chi connectivity index (χ3n) is 4.25. The van der Waals surface area contributed by atoms with E-state index in [4.69, 9.17) is 4.74 Å². The number of rotatable bonds is 3. The maximum absolute atomic E-state index is 13.0. The second-order valence-corrected chi connectivity index (χ2v) is 7.89. The SMILES string of the molecule is Cn1cc(C2CN(S(=O)(=O)c3ccc4[nH]c(=O)[nH]c4c3)CCO2)cn1. The molecule has 10 heteroatoms. The van der Waals surface area contributed by atoms with Crippen LogP contribution in [0.15, 0.2) is 40.3 Å². The number of nitrogens with zero attached hydrogens (tertiary/aromatic N) is 3. The van der Waals surface area contributed by atoms with Gasteiger partial charge in [-0.25, -0.2) is 13.2 Å². The van der Waals surface area contributed by atoms with E-state index < -0.39 is 10.0 Å². The van der Waals surface area contributed by atoms with Gasteiger partial charge < -0.3 is 14.7 Å². The van der Waals surface area contributed by atoms with E-state index in [0.29, 0.717) is 17.6 Å². The van der Waals surface area contributed by atoms with Gasteiger partial charge in [-0.05, 0) is 18.2 Å². The molecule has 132 valence electrons. The lowest BCUT2D eigenvalue weighted by atomic mass is 10.2. The molecule has 1 fully saturated rings. The molecule has 0 radical (unpaired) electrons. The first-order chi connectivity index (χ1) is 11.9. The van der Waals surface area contributed by atoms with Crippen molar-refractivity contribution in [3.05, 3.63) is 46.6 Å². The number of fused-ring (bicyclic) bond motifs is 1. The summed E-state index contributed by atoms with van der Waals surface area (Å²) in [6.07, 6.45) is 3.14. The van der Waals surface area contributed by atoms with Gasteiger partial charge in [0, 0.05) is 31.9 Å². The predicted octanol–water partition coefficient (Wildman–Crippen LogP) is 0.352. The van der Waals surface area contributed by atoms with E-state index in [2.05, 4.69) is 15.1 Å². The molecule has 1 aliphatic rings. The Morgan fingerprint density at radius 3 is 2.84 bits per heavy atom. The molecule has 1 aromatic carbocycles. The molecule has 25 heavy (non-hydrogen) atoms. The highest BCUT2D eigenvalue weighted by atomic mass is 32.2. The molecule has 4 rings (SSSR count). The molecule has 1 saturated heterocycles.